The van der Waals surface area contributed by atoms with Crippen molar-refractivity contribution in [3.8, 4) is 11.1 Å². The Balaban J connectivity index is 1.28. The topological polar surface area (TPSA) is 3.24 Å². The molecule has 4 bridgehead atoms. The molecule has 0 heterocycles. The summed E-state index contributed by atoms with van der Waals surface area (Å²) in [6.07, 6.45) is 7.16. The van der Waals surface area contributed by atoms with Crippen molar-refractivity contribution >= 4 is 48.9 Å². The van der Waals surface area contributed by atoms with Gasteiger partial charge in [-0.3, -0.25) is 0 Å². The fraction of sp³-hybridized carbons (Fsp3) is 0.351. The first-order valence-corrected chi connectivity index (χ1v) is 16.4. The van der Waals surface area contributed by atoms with E-state index in [1.807, 2.05) is 0 Å². The van der Waals surface area contributed by atoms with Gasteiger partial charge in [0.05, 0.1) is 0 Å². The zero-order chi connectivity index (χ0) is 27.7. The summed E-state index contributed by atoms with van der Waals surface area (Å²) in [5, 5.41) is 0. The van der Waals surface area contributed by atoms with Crippen LogP contribution in [0.4, 0.5) is 17.1 Å². The molecule has 0 amide bonds. The number of hydrogen-bond donors (Lipinski definition) is 0. The number of aryl methyl sites for hydroxylation is 4. The maximum absolute atomic E-state index is 3.77. The lowest BCUT2D eigenvalue weighted by molar-refractivity contribution is 0.166. The van der Waals surface area contributed by atoms with Gasteiger partial charge in [0.25, 0.3) is 0 Å². The van der Waals surface area contributed by atoms with Crippen molar-refractivity contribution in [1.82, 2.24) is 0 Å². The Morgan fingerprint density at radius 2 is 0.950 bits per heavy atom. The molecule has 1 nitrogen and oxygen atoms in total. The van der Waals surface area contributed by atoms with Crippen molar-refractivity contribution in [1.29, 1.82) is 0 Å². The lowest BCUT2D eigenvalue weighted by Crippen LogP contribution is -2.25. The molecule has 0 saturated heterocycles. The summed E-state index contributed by atoms with van der Waals surface area (Å²) >= 11 is 7.54. The fourth-order valence-electron chi connectivity index (χ4n) is 8.19. The van der Waals surface area contributed by atoms with E-state index in [9.17, 15) is 0 Å². The van der Waals surface area contributed by atoms with Crippen LogP contribution in [-0.2, 0) is 0 Å². The molecule has 4 aliphatic rings. The molecule has 4 aromatic carbocycles. The predicted molar refractivity (Wildman–Crippen MR) is 176 cm³/mol. The highest BCUT2D eigenvalue weighted by molar-refractivity contribution is 9.10. The second kappa shape index (κ2) is 10.2. The van der Waals surface area contributed by atoms with Crippen LogP contribution in [0.1, 0.15) is 77.3 Å². The largest absolute Gasteiger partial charge is 0.310 e. The van der Waals surface area contributed by atoms with Crippen LogP contribution in [0, 0.1) is 39.5 Å². The number of benzene rings is 4. The van der Waals surface area contributed by atoms with Crippen LogP contribution in [0.5, 0.6) is 0 Å². The molecule has 4 aliphatic carbocycles. The van der Waals surface area contributed by atoms with Crippen LogP contribution in [0.2, 0.25) is 0 Å². The van der Waals surface area contributed by atoms with Gasteiger partial charge in [0.2, 0.25) is 0 Å². The number of hydrogen-bond acceptors (Lipinski definition) is 1. The van der Waals surface area contributed by atoms with Crippen molar-refractivity contribution in [2.75, 3.05) is 4.90 Å². The zero-order valence-corrected chi connectivity index (χ0v) is 27.1. The standard InChI is InChI=1S/C37H37Br2N/c1-21-11-32(12-22(2)36(21)38)40(33-13-23(3)37(39)24(4)14-33)31-8-5-27(6-9-31)28-7-10-34-29-16-25-15-26(17-29)19-30(18-25)35(34)20-28/h5-14,20,25-26,29-30H,15-19H2,1-4H3. The van der Waals surface area contributed by atoms with Gasteiger partial charge in [0.15, 0.2) is 0 Å². The highest BCUT2D eigenvalue weighted by Gasteiger charge is 2.42. The highest BCUT2D eigenvalue weighted by Crippen LogP contribution is 2.56. The molecule has 2 saturated carbocycles. The molecular formula is C37H37Br2N. The Morgan fingerprint density at radius 3 is 1.45 bits per heavy atom. The molecule has 2 fully saturated rings. The van der Waals surface area contributed by atoms with Crippen molar-refractivity contribution in [2.45, 2.75) is 71.6 Å². The lowest BCUT2D eigenvalue weighted by atomic mass is 9.67. The van der Waals surface area contributed by atoms with E-state index in [0.717, 1.165) is 23.7 Å². The Morgan fingerprint density at radius 1 is 0.500 bits per heavy atom. The van der Waals surface area contributed by atoms with E-state index in [-0.39, 0.29) is 0 Å². The summed E-state index contributed by atoms with van der Waals surface area (Å²) in [6.45, 7) is 8.71. The Hall–Kier alpha value is -2.36. The molecule has 0 N–H and O–H groups in total. The molecule has 8 rings (SSSR count). The van der Waals surface area contributed by atoms with Crippen LogP contribution in [0.3, 0.4) is 0 Å². The SMILES string of the molecule is Cc1cc(N(c2ccc(-c3ccc4c(c3)C3CC5CC(CC4C5)C3)cc2)c2cc(C)c(Br)c(C)c2)cc(C)c1Br. The molecule has 0 aliphatic heterocycles. The van der Waals surface area contributed by atoms with Gasteiger partial charge in [-0.25, -0.2) is 0 Å². The normalized spacial score (nSPS) is 22.8. The van der Waals surface area contributed by atoms with Gasteiger partial charge >= 0.3 is 0 Å². The molecule has 0 aromatic heterocycles. The number of rotatable bonds is 4. The Bertz CT molecular complexity index is 1500. The van der Waals surface area contributed by atoms with Gasteiger partial charge in [-0.2, -0.15) is 0 Å². The summed E-state index contributed by atoms with van der Waals surface area (Å²) in [7, 11) is 0. The Kier molecular flexibility index (Phi) is 6.75. The molecule has 204 valence electrons. The second-order valence-corrected chi connectivity index (χ2v) is 14.4. The number of nitrogens with zero attached hydrogens (tertiary/aromatic N) is 1. The first kappa shape index (κ1) is 26.5. The minimum Gasteiger partial charge on any atom is -0.310 e. The first-order valence-electron chi connectivity index (χ1n) is 14.8. The smallest absolute Gasteiger partial charge is 0.0467 e. The maximum Gasteiger partial charge on any atom is 0.0467 e. The maximum atomic E-state index is 3.77. The molecular weight excluding hydrogens is 618 g/mol. The van der Waals surface area contributed by atoms with Gasteiger partial charge < -0.3 is 4.90 Å². The highest BCUT2D eigenvalue weighted by atomic mass is 79.9. The van der Waals surface area contributed by atoms with Crippen molar-refractivity contribution < 1.29 is 0 Å². The molecule has 40 heavy (non-hydrogen) atoms. The monoisotopic (exact) mass is 653 g/mol. The summed E-state index contributed by atoms with van der Waals surface area (Å²) < 4.78 is 2.36. The Labute approximate surface area is 256 Å². The number of anilines is 3. The van der Waals surface area contributed by atoms with E-state index in [1.54, 1.807) is 11.1 Å². The third kappa shape index (κ3) is 4.58. The van der Waals surface area contributed by atoms with E-state index < -0.39 is 0 Å². The lowest BCUT2D eigenvalue weighted by Gasteiger charge is -2.38. The average Bonchev–Trinajstić information content (AvgIpc) is 3.10. The fourth-order valence-corrected chi connectivity index (χ4v) is 8.65. The van der Waals surface area contributed by atoms with Gasteiger partial charge in [0, 0.05) is 26.0 Å². The molecule has 0 radical (unpaired) electrons. The minimum absolute atomic E-state index is 0.772. The average molecular weight is 656 g/mol. The quantitative estimate of drug-likeness (QED) is 0.212. The van der Waals surface area contributed by atoms with E-state index >= 15 is 0 Å². The third-order valence-electron chi connectivity index (χ3n) is 9.92. The molecule has 3 heteroatoms. The van der Waals surface area contributed by atoms with Crippen LogP contribution >= 0.6 is 31.9 Å². The summed E-state index contributed by atoms with van der Waals surface area (Å²) in [5.74, 6) is 3.49. The van der Waals surface area contributed by atoms with Gasteiger partial charge in [-0.05, 0) is 164 Å². The van der Waals surface area contributed by atoms with Crippen molar-refractivity contribution in [3.63, 3.8) is 0 Å². The molecule has 0 spiro atoms. The minimum atomic E-state index is 0.772. The van der Waals surface area contributed by atoms with Gasteiger partial charge in [0.1, 0.15) is 0 Å². The van der Waals surface area contributed by atoms with Crippen LogP contribution < -0.4 is 4.90 Å². The van der Waals surface area contributed by atoms with E-state index in [4.69, 9.17) is 0 Å². The predicted octanol–water partition coefficient (Wildman–Crippen LogP) is 12.0. The first-order chi connectivity index (χ1) is 19.2. The van der Waals surface area contributed by atoms with E-state index in [1.165, 1.54) is 91.5 Å². The van der Waals surface area contributed by atoms with Crippen LogP contribution in [-0.4, -0.2) is 0 Å². The van der Waals surface area contributed by atoms with Crippen molar-refractivity contribution in [2.24, 2.45) is 11.8 Å². The van der Waals surface area contributed by atoms with Gasteiger partial charge in [-0.1, -0.05) is 62.2 Å². The van der Waals surface area contributed by atoms with Crippen LogP contribution in [0.15, 0.2) is 75.7 Å². The van der Waals surface area contributed by atoms with Crippen LogP contribution in [0.25, 0.3) is 11.1 Å². The molecule has 2 atom stereocenters. The summed E-state index contributed by atoms with van der Waals surface area (Å²) in [6, 6.07) is 25.8. The zero-order valence-electron chi connectivity index (χ0n) is 23.9. The molecule has 4 aromatic rings. The van der Waals surface area contributed by atoms with Gasteiger partial charge in [-0.15, -0.1) is 0 Å². The number of halogens is 2. The van der Waals surface area contributed by atoms with E-state index in [2.05, 4.69) is 131 Å². The van der Waals surface area contributed by atoms with E-state index in [0.29, 0.717) is 0 Å². The second-order valence-electron chi connectivity index (χ2n) is 12.8. The third-order valence-corrected chi connectivity index (χ3v) is 12.4. The summed E-state index contributed by atoms with van der Waals surface area (Å²) in [4.78, 5) is 2.40. The molecule has 2 unspecified atom stereocenters. The van der Waals surface area contributed by atoms with Crippen molar-refractivity contribution in [3.05, 3.63) is 109 Å². The summed E-state index contributed by atoms with van der Waals surface area (Å²) in [5.41, 5.74) is 14.5.